The molecule has 0 aliphatic rings. The summed E-state index contributed by atoms with van der Waals surface area (Å²) in [6, 6.07) is 3.94. The van der Waals surface area contributed by atoms with E-state index in [-0.39, 0.29) is 11.5 Å². The molecule has 1 heterocycles. The molecule has 0 saturated carbocycles. The first-order valence-corrected chi connectivity index (χ1v) is 7.38. The van der Waals surface area contributed by atoms with Crippen molar-refractivity contribution in [1.82, 2.24) is 10.3 Å². The number of esters is 1. The average molecular weight is 282 g/mol. The highest BCUT2D eigenvalue weighted by Crippen LogP contribution is 2.20. The number of hydrogen-bond acceptors (Lipinski definition) is 5. The Labute approximate surface area is 119 Å². The first-order chi connectivity index (χ1) is 8.92. The summed E-state index contributed by atoms with van der Waals surface area (Å²) >= 11 is 1.42. The van der Waals surface area contributed by atoms with Gasteiger partial charge in [0.05, 0.1) is 12.4 Å². The summed E-state index contributed by atoms with van der Waals surface area (Å²) in [6.07, 6.45) is 1.74. The van der Waals surface area contributed by atoms with Gasteiger partial charge in [-0.1, -0.05) is 17.8 Å². The second-order valence-corrected chi connectivity index (χ2v) is 6.13. The molecule has 19 heavy (non-hydrogen) atoms. The summed E-state index contributed by atoms with van der Waals surface area (Å²) in [5.41, 5.74) is 1.16. The molecule has 0 radical (unpaired) electrons. The summed E-state index contributed by atoms with van der Waals surface area (Å²) in [7, 11) is 0. The van der Waals surface area contributed by atoms with Crippen LogP contribution in [0.2, 0.25) is 0 Å². The van der Waals surface area contributed by atoms with Gasteiger partial charge in [0.15, 0.2) is 0 Å². The van der Waals surface area contributed by atoms with Gasteiger partial charge in [-0.25, -0.2) is 4.98 Å². The van der Waals surface area contributed by atoms with Crippen molar-refractivity contribution in [2.75, 3.05) is 12.4 Å². The molecule has 1 aromatic rings. The maximum Gasteiger partial charge on any atom is 0.316 e. The molecule has 0 atom stereocenters. The lowest BCUT2D eigenvalue weighted by atomic mass is 10.1. The molecular formula is C14H22N2O2S. The number of nitrogens with one attached hydrogen (secondary N) is 1. The molecule has 0 spiro atoms. The molecule has 5 heteroatoms. The fourth-order valence-electron chi connectivity index (χ4n) is 1.38. The summed E-state index contributed by atoms with van der Waals surface area (Å²) < 4.78 is 4.91. The Morgan fingerprint density at radius 1 is 1.47 bits per heavy atom. The van der Waals surface area contributed by atoms with Gasteiger partial charge < -0.3 is 10.1 Å². The van der Waals surface area contributed by atoms with Gasteiger partial charge in [-0.05, 0) is 39.3 Å². The molecule has 4 nitrogen and oxygen atoms in total. The molecule has 0 amide bonds. The number of pyridine rings is 1. The zero-order valence-electron chi connectivity index (χ0n) is 12.0. The van der Waals surface area contributed by atoms with Crippen molar-refractivity contribution in [3.63, 3.8) is 0 Å². The molecule has 0 fully saturated rings. The van der Waals surface area contributed by atoms with Gasteiger partial charge >= 0.3 is 5.97 Å². The van der Waals surface area contributed by atoms with Crippen LogP contribution in [0.3, 0.4) is 0 Å². The molecule has 0 saturated heterocycles. The van der Waals surface area contributed by atoms with Gasteiger partial charge in [0.25, 0.3) is 0 Å². The SMILES string of the molecule is CCOC(=O)CSc1ncccc1CNC(C)(C)C. The predicted molar refractivity (Wildman–Crippen MR) is 78.2 cm³/mol. The molecular weight excluding hydrogens is 260 g/mol. The first kappa shape index (κ1) is 16.0. The molecule has 0 aliphatic heterocycles. The van der Waals surface area contributed by atoms with Gasteiger partial charge in [0.1, 0.15) is 5.03 Å². The third-order valence-corrected chi connectivity index (χ3v) is 3.31. The average Bonchev–Trinajstić information content (AvgIpc) is 2.34. The van der Waals surface area contributed by atoms with Gasteiger partial charge in [-0.3, -0.25) is 4.79 Å². The number of aromatic nitrogens is 1. The van der Waals surface area contributed by atoms with Gasteiger partial charge in [-0.2, -0.15) is 0 Å². The minimum Gasteiger partial charge on any atom is -0.465 e. The molecule has 0 aromatic carbocycles. The molecule has 1 aromatic heterocycles. The van der Waals surface area contributed by atoms with Crippen LogP contribution in [0, 0.1) is 0 Å². The summed E-state index contributed by atoms with van der Waals surface area (Å²) in [4.78, 5) is 15.7. The van der Waals surface area contributed by atoms with E-state index >= 15 is 0 Å². The van der Waals surface area contributed by atoms with E-state index in [1.54, 1.807) is 6.20 Å². The van der Waals surface area contributed by atoms with Crippen LogP contribution in [0.1, 0.15) is 33.3 Å². The first-order valence-electron chi connectivity index (χ1n) is 6.39. The van der Waals surface area contributed by atoms with Gasteiger partial charge in [0, 0.05) is 18.3 Å². The van der Waals surface area contributed by atoms with Crippen LogP contribution in [-0.4, -0.2) is 28.9 Å². The Bertz CT molecular complexity index is 416. The lowest BCUT2D eigenvalue weighted by molar-refractivity contribution is -0.139. The molecule has 0 aliphatic carbocycles. The Kier molecular flexibility index (Phi) is 6.31. The van der Waals surface area contributed by atoms with Gasteiger partial charge in [-0.15, -0.1) is 0 Å². The third kappa shape index (κ3) is 6.59. The number of carbonyl (C=O) groups is 1. The van der Waals surface area contributed by atoms with E-state index in [1.807, 2.05) is 19.1 Å². The van der Waals surface area contributed by atoms with E-state index in [1.165, 1.54) is 11.8 Å². The van der Waals surface area contributed by atoms with Crippen molar-refractivity contribution in [3.8, 4) is 0 Å². The monoisotopic (exact) mass is 282 g/mol. The number of nitrogens with zero attached hydrogens (tertiary/aromatic N) is 1. The van der Waals surface area contributed by atoms with Crippen molar-refractivity contribution in [3.05, 3.63) is 23.9 Å². The van der Waals surface area contributed by atoms with Gasteiger partial charge in [0.2, 0.25) is 0 Å². The highest BCUT2D eigenvalue weighted by Gasteiger charge is 2.12. The van der Waals surface area contributed by atoms with Crippen LogP contribution >= 0.6 is 11.8 Å². The standard InChI is InChI=1S/C14H22N2O2S/c1-5-18-12(17)10-19-13-11(7-6-8-15-13)9-16-14(2,3)4/h6-8,16H,5,9-10H2,1-4H3. The Hall–Kier alpha value is -1.07. The fraction of sp³-hybridized carbons (Fsp3) is 0.571. The fourth-order valence-corrected chi connectivity index (χ4v) is 2.18. The van der Waals surface area contributed by atoms with Crippen LogP contribution in [-0.2, 0) is 16.1 Å². The maximum atomic E-state index is 11.4. The lowest BCUT2D eigenvalue weighted by Crippen LogP contribution is -2.35. The van der Waals surface area contributed by atoms with Crippen molar-refractivity contribution in [2.45, 2.75) is 44.8 Å². The van der Waals surface area contributed by atoms with Crippen molar-refractivity contribution in [2.24, 2.45) is 0 Å². The van der Waals surface area contributed by atoms with E-state index in [0.717, 1.165) is 17.1 Å². The van der Waals surface area contributed by atoms with Crippen LogP contribution in [0.4, 0.5) is 0 Å². The molecule has 106 valence electrons. The van der Waals surface area contributed by atoms with Crippen LogP contribution in [0.5, 0.6) is 0 Å². The predicted octanol–water partition coefficient (Wildman–Crippen LogP) is 2.62. The topological polar surface area (TPSA) is 51.2 Å². The minimum absolute atomic E-state index is 0.0545. The van der Waals surface area contributed by atoms with E-state index in [4.69, 9.17) is 4.74 Å². The maximum absolute atomic E-state index is 11.4. The quantitative estimate of drug-likeness (QED) is 0.642. The number of ether oxygens (including phenoxy) is 1. The van der Waals surface area contributed by atoms with Crippen molar-refractivity contribution < 1.29 is 9.53 Å². The molecule has 1 N–H and O–H groups in total. The number of hydrogen-bond donors (Lipinski definition) is 1. The highest BCUT2D eigenvalue weighted by atomic mass is 32.2. The van der Waals surface area contributed by atoms with E-state index < -0.39 is 0 Å². The second kappa shape index (κ2) is 7.50. The number of thioether (sulfide) groups is 1. The largest absolute Gasteiger partial charge is 0.465 e. The zero-order chi connectivity index (χ0) is 14.3. The summed E-state index contributed by atoms with van der Waals surface area (Å²) in [6.45, 7) is 9.32. The third-order valence-electron chi connectivity index (χ3n) is 2.29. The van der Waals surface area contributed by atoms with E-state index in [2.05, 4.69) is 31.1 Å². The van der Waals surface area contributed by atoms with Crippen molar-refractivity contribution >= 4 is 17.7 Å². The summed E-state index contributed by atoms with van der Waals surface area (Å²) in [5.74, 6) is 0.0979. The normalized spacial score (nSPS) is 11.4. The zero-order valence-corrected chi connectivity index (χ0v) is 12.8. The van der Waals surface area contributed by atoms with Crippen LogP contribution in [0.15, 0.2) is 23.4 Å². The molecule has 1 rings (SSSR count). The van der Waals surface area contributed by atoms with Crippen LogP contribution < -0.4 is 5.32 Å². The van der Waals surface area contributed by atoms with E-state index in [9.17, 15) is 4.79 Å². The highest BCUT2D eigenvalue weighted by molar-refractivity contribution is 7.99. The number of carbonyl (C=O) groups excluding carboxylic acids is 1. The minimum atomic E-state index is -0.201. The Balaban J connectivity index is 2.60. The Morgan fingerprint density at radius 2 is 2.21 bits per heavy atom. The lowest BCUT2D eigenvalue weighted by Gasteiger charge is -2.21. The Morgan fingerprint density at radius 3 is 2.84 bits per heavy atom. The summed E-state index contributed by atoms with van der Waals surface area (Å²) in [5, 5.41) is 4.30. The van der Waals surface area contributed by atoms with Crippen LogP contribution in [0.25, 0.3) is 0 Å². The van der Waals surface area contributed by atoms with E-state index in [0.29, 0.717) is 12.4 Å². The van der Waals surface area contributed by atoms with Crippen molar-refractivity contribution in [1.29, 1.82) is 0 Å². The molecule has 0 bridgehead atoms. The second-order valence-electron chi connectivity index (χ2n) is 5.16. The smallest absolute Gasteiger partial charge is 0.316 e. The number of rotatable bonds is 6. The molecule has 0 unspecified atom stereocenters.